The smallest absolute Gasteiger partial charge is 0.253 e. The number of amides is 1. The third-order valence-corrected chi connectivity index (χ3v) is 8.57. The number of piperazine rings is 1. The molecule has 43 heavy (non-hydrogen) atoms. The van der Waals surface area contributed by atoms with Crippen molar-refractivity contribution >= 4 is 29.2 Å². The number of nitrogens with zero attached hydrogens (tertiary/aromatic N) is 5. The highest BCUT2D eigenvalue weighted by atomic mass is 32.2. The number of carbonyl (C=O) groups is 1. The van der Waals surface area contributed by atoms with Gasteiger partial charge in [0.1, 0.15) is 11.6 Å². The molecule has 0 aliphatic carbocycles. The third-order valence-electron chi connectivity index (χ3n) is 7.65. The number of thioether (sulfide) groups is 1. The molecule has 3 aromatic carbocycles. The molecule has 0 N–H and O–H groups in total. The van der Waals surface area contributed by atoms with Gasteiger partial charge in [-0.1, -0.05) is 75.0 Å². The number of carbonyl (C=O) groups excluding carboxylic acids is 1. The summed E-state index contributed by atoms with van der Waals surface area (Å²) in [6, 6.07) is 28.4. The van der Waals surface area contributed by atoms with Crippen molar-refractivity contribution in [3.63, 3.8) is 0 Å². The minimum Gasteiger partial charge on any atom is -0.497 e. The van der Waals surface area contributed by atoms with Gasteiger partial charge in [0, 0.05) is 68.3 Å². The van der Waals surface area contributed by atoms with Gasteiger partial charge in [0.15, 0.2) is 5.16 Å². The number of methoxy groups -OCH3 is 1. The van der Waals surface area contributed by atoms with Crippen LogP contribution in [0.3, 0.4) is 0 Å². The minimum absolute atomic E-state index is 0.0118. The molecule has 0 bridgehead atoms. The number of benzene rings is 3. The first-order valence-electron chi connectivity index (χ1n) is 14.7. The van der Waals surface area contributed by atoms with Crippen molar-refractivity contribution in [1.29, 1.82) is 0 Å². The van der Waals surface area contributed by atoms with Gasteiger partial charge in [-0.15, -0.1) is 0 Å². The van der Waals surface area contributed by atoms with Gasteiger partial charge in [0.25, 0.3) is 5.91 Å². The summed E-state index contributed by atoms with van der Waals surface area (Å²) in [6.07, 6.45) is 0. The molecule has 1 aliphatic heterocycles. The average Bonchev–Trinajstić information content (AvgIpc) is 3.03. The molecule has 0 spiro atoms. The second-order valence-electron chi connectivity index (χ2n) is 12.0. The van der Waals surface area contributed by atoms with E-state index in [1.165, 1.54) is 5.69 Å². The van der Waals surface area contributed by atoms with Gasteiger partial charge >= 0.3 is 0 Å². The lowest BCUT2D eigenvalue weighted by molar-refractivity contribution is 0.0785. The zero-order valence-electron chi connectivity index (χ0n) is 25.8. The van der Waals surface area contributed by atoms with E-state index in [1.807, 2.05) is 67.7 Å². The molecule has 1 amide bonds. The predicted octanol–water partition coefficient (Wildman–Crippen LogP) is 6.67. The number of rotatable bonds is 9. The summed E-state index contributed by atoms with van der Waals surface area (Å²) in [5.41, 5.74) is 5.01. The van der Waals surface area contributed by atoms with Crippen molar-refractivity contribution in [3.8, 4) is 5.75 Å². The highest BCUT2D eigenvalue weighted by Gasteiger charge is 2.23. The van der Waals surface area contributed by atoms with Crippen molar-refractivity contribution in [3.05, 3.63) is 107 Å². The van der Waals surface area contributed by atoms with Crippen molar-refractivity contribution in [2.24, 2.45) is 0 Å². The normalized spacial score (nSPS) is 13.6. The lowest BCUT2D eigenvalue weighted by Gasteiger charge is -2.37. The molecule has 1 aliphatic rings. The summed E-state index contributed by atoms with van der Waals surface area (Å²) in [4.78, 5) is 29.7. The second-order valence-corrected chi connectivity index (χ2v) is 12.9. The molecule has 0 saturated carbocycles. The maximum atomic E-state index is 13.2. The molecule has 224 valence electrons. The lowest BCUT2D eigenvalue weighted by Crippen LogP contribution is -2.47. The summed E-state index contributed by atoms with van der Waals surface area (Å²) < 4.78 is 5.31. The maximum absolute atomic E-state index is 13.2. The summed E-state index contributed by atoms with van der Waals surface area (Å²) in [6.45, 7) is 10.8. The third kappa shape index (κ3) is 7.87. The van der Waals surface area contributed by atoms with Crippen LogP contribution in [0.2, 0.25) is 0 Å². The Morgan fingerprint density at radius 2 is 1.53 bits per heavy atom. The molecule has 4 aromatic rings. The topological polar surface area (TPSA) is 61.8 Å². The zero-order valence-corrected chi connectivity index (χ0v) is 26.6. The second kappa shape index (κ2) is 13.5. The largest absolute Gasteiger partial charge is 0.497 e. The average molecular weight is 596 g/mol. The van der Waals surface area contributed by atoms with Crippen LogP contribution in [0.1, 0.15) is 48.0 Å². The highest BCUT2D eigenvalue weighted by molar-refractivity contribution is 7.98. The van der Waals surface area contributed by atoms with E-state index < -0.39 is 0 Å². The molecule has 2 heterocycles. The molecule has 8 heteroatoms. The van der Waals surface area contributed by atoms with Crippen molar-refractivity contribution < 1.29 is 9.53 Å². The molecular formula is C35H41N5O2S. The Morgan fingerprint density at radius 3 is 2.21 bits per heavy atom. The number of hydrogen-bond donors (Lipinski definition) is 0. The molecule has 0 radical (unpaired) electrons. The van der Waals surface area contributed by atoms with Crippen molar-refractivity contribution in [1.82, 2.24) is 14.9 Å². The first-order valence-corrected chi connectivity index (χ1v) is 15.7. The standard InChI is InChI=1S/C35H41N5O2S/c1-35(2,3)31-23-32(40-20-18-39(19-21-40)29-14-16-30(42-5)17-15-29)37-34(36-31)43-25-27-12-9-13-28(22-27)33(41)38(4)24-26-10-7-6-8-11-26/h6-17,22-23H,18-21,24-25H2,1-5H3. The Bertz CT molecular complexity index is 1510. The van der Waals surface area contributed by atoms with E-state index in [9.17, 15) is 4.79 Å². The summed E-state index contributed by atoms with van der Waals surface area (Å²) in [5.74, 6) is 2.54. The van der Waals surface area contributed by atoms with Gasteiger partial charge in [-0.05, 0) is 47.5 Å². The Morgan fingerprint density at radius 1 is 0.860 bits per heavy atom. The van der Waals surface area contributed by atoms with E-state index in [0.717, 1.165) is 59.7 Å². The van der Waals surface area contributed by atoms with E-state index in [1.54, 1.807) is 23.8 Å². The van der Waals surface area contributed by atoms with Crippen LogP contribution in [0.15, 0.2) is 90.1 Å². The van der Waals surface area contributed by atoms with Crippen LogP contribution in [-0.2, 0) is 17.7 Å². The van der Waals surface area contributed by atoms with Crippen LogP contribution < -0.4 is 14.5 Å². The Labute approximate surface area is 259 Å². The number of aromatic nitrogens is 2. The SMILES string of the molecule is COc1ccc(N2CCN(c3cc(C(C)(C)C)nc(SCc4cccc(C(=O)N(C)Cc5ccccc5)c4)n3)CC2)cc1. The van der Waals surface area contributed by atoms with Crippen LogP contribution in [-0.4, -0.2) is 61.1 Å². The van der Waals surface area contributed by atoms with Crippen molar-refractivity contribution in [2.75, 3.05) is 50.1 Å². The monoisotopic (exact) mass is 595 g/mol. The molecule has 1 aromatic heterocycles. The fraction of sp³-hybridized carbons (Fsp3) is 0.343. The number of anilines is 2. The Kier molecular flexibility index (Phi) is 9.56. The van der Waals surface area contributed by atoms with Gasteiger partial charge < -0.3 is 19.4 Å². The van der Waals surface area contributed by atoms with Crippen LogP contribution in [0, 0.1) is 0 Å². The van der Waals surface area contributed by atoms with E-state index in [-0.39, 0.29) is 11.3 Å². The van der Waals surface area contributed by atoms with E-state index in [2.05, 4.69) is 54.8 Å². The number of ether oxygens (including phenoxy) is 1. The summed E-state index contributed by atoms with van der Waals surface area (Å²) in [5, 5.41) is 0.762. The van der Waals surface area contributed by atoms with Crippen LogP contribution >= 0.6 is 11.8 Å². The molecule has 7 nitrogen and oxygen atoms in total. The van der Waals surface area contributed by atoms with Crippen LogP contribution in [0.5, 0.6) is 5.75 Å². The summed E-state index contributed by atoms with van der Waals surface area (Å²) >= 11 is 1.62. The fourth-order valence-electron chi connectivity index (χ4n) is 5.10. The van der Waals surface area contributed by atoms with Gasteiger partial charge in [-0.2, -0.15) is 0 Å². The predicted molar refractivity (Wildman–Crippen MR) is 176 cm³/mol. The minimum atomic E-state index is -0.104. The van der Waals surface area contributed by atoms with Crippen LogP contribution in [0.4, 0.5) is 11.5 Å². The van der Waals surface area contributed by atoms with Crippen molar-refractivity contribution in [2.45, 2.75) is 43.6 Å². The Balaban J connectivity index is 1.26. The number of hydrogen-bond acceptors (Lipinski definition) is 7. The lowest BCUT2D eigenvalue weighted by atomic mass is 9.92. The van der Waals surface area contributed by atoms with Crippen LogP contribution in [0.25, 0.3) is 0 Å². The van der Waals surface area contributed by atoms with Gasteiger partial charge in [0.2, 0.25) is 0 Å². The maximum Gasteiger partial charge on any atom is 0.253 e. The molecule has 5 rings (SSSR count). The fourth-order valence-corrected chi connectivity index (χ4v) is 5.90. The molecule has 1 fully saturated rings. The quantitative estimate of drug-likeness (QED) is 0.158. The Hall–Kier alpha value is -4.04. The van der Waals surface area contributed by atoms with Gasteiger partial charge in [0.05, 0.1) is 12.8 Å². The van der Waals surface area contributed by atoms with E-state index >= 15 is 0 Å². The highest BCUT2D eigenvalue weighted by Crippen LogP contribution is 2.30. The first-order chi connectivity index (χ1) is 20.7. The van der Waals surface area contributed by atoms with Gasteiger partial charge in [-0.25, -0.2) is 9.97 Å². The molecule has 0 unspecified atom stereocenters. The van der Waals surface area contributed by atoms with Gasteiger partial charge in [-0.3, -0.25) is 4.79 Å². The first kappa shape index (κ1) is 30.4. The zero-order chi connectivity index (χ0) is 30.4. The summed E-state index contributed by atoms with van der Waals surface area (Å²) in [7, 11) is 3.54. The van der Waals surface area contributed by atoms with E-state index in [4.69, 9.17) is 14.7 Å². The van der Waals surface area contributed by atoms with E-state index in [0.29, 0.717) is 17.9 Å². The molecular weight excluding hydrogens is 554 g/mol. The molecule has 1 saturated heterocycles. The molecule has 0 atom stereocenters.